The van der Waals surface area contributed by atoms with Crippen LogP contribution < -0.4 is 10.6 Å². The molecule has 0 radical (unpaired) electrons. The Bertz CT molecular complexity index is 646. The van der Waals surface area contributed by atoms with Crippen molar-refractivity contribution in [1.29, 1.82) is 0 Å². The van der Waals surface area contributed by atoms with Crippen molar-refractivity contribution in [2.45, 2.75) is 13.3 Å². The highest BCUT2D eigenvalue weighted by atomic mass is 16.2. The molecule has 1 amide bonds. The van der Waals surface area contributed by atoms with E-state index < -0.39 is 0 Å². The minimum atomic E-state index is 0.155. The number of carbonyl (C=O) groups excluding carboxylic acids is 1. The number of rotatable bonds is 2. The molecule has 0 saturated carbocycles. The standard InChI is InChI=1S/C14H18N4O/c1-9-12-4-3-11(6-13(12)16-17(9)2)18-8-10(7-15)5-14(18)19/h3-4,6,10H,5,7-8,15H2,1-2H3. The van der Waals surface area contributed by atoms with E-state index in [1.54, 1.807) is 0 Å². The molecular weight excluding hydrogens is 240 g/mol. The summed E-state index contributed by atoms with van der Waals surface area (Å²) in [6.45, 7) is 3.32. The van der Waals surface area contributed by atoms with E-state index in [9.17, 15) is 4.79 Å². The van der Waals surface area contributed by atoms with Crippen LogP contribution in [-0.2, 0) is 11.8 Å². The highest BCUT2D eigenvalue weighted by Crippen LogP contribution is 2.28. The first-order valence-corrected chi connectivity index (χ1v) is 6.54. The first-order valence-electron chi connectivity index (χ1n) is 6.54. The monoisotopic (exact) mass is 258 g/mol. The molecule has 5 nitrogen and oxygen atoms in total. The van der Waals surface area contributed by atoms with Crippen LogP contribution in [0.3, 0.4) is 0 Å². The second kappa shape index (κ2) is 4.35. The second-order valence-electron chi connectivity index (χ2n) is 5.22. The van der Waals surface area contributed by atoms with Crippen molar-refractivity contribution in [3.8, 4) is 0 Å². The minimum Gasteiger partial charge on any atom is -0.330 e. The zero-order valence-corrected chi connectivity index (χ0v) is 11.3. The third-order valence-electron chi connectivity index (χ3n) is 3.96. The van der Waals surface area contributed by atoms with E-state index >= 15 is 0 Å². The molecule has 0 spiro atoms. The Morgan fingerprint density at radius 1 is 1.47 bits per heavy atom. The van der Waals surface area contributed by atoms with Gasteiger partial charge in [-0.25, -0.2) is 0 Å². The molecule has 0 aliphatic carbocycles. The number of aryl methyl sites for hydroxylation is 2. The maximum atomic E-state index is 12.0. The first-order chi connectivity index (χ1) is 9.10. The van der Waals surface area contributed by atoms with Gasteiger partial charge >= 0.3 is 0 Å². The Balaban J connectivity index is 2.00. The number of anilines is 1. The third kappa shape index (κ3) is 1.90. The number of benzene rings is 1. The van der Waals surface area contributed by atoms with Crippen LogP contribution in [0, 0.1) is 12.8 Å². The molecular formula is C14H18N4O. The van der Waals surface area contributed by atoms with Crippen LogP contribution in [0.25, 0.3) is 10.9 Å². The van der Waals surface area contributed by atoms with Gasteiger partial charge in [0.2, 0.25) is 5.91 Å². The quantitative estimate of drug-likeness (QED) is 0.880. The summed E-state index contributed by atoms with van der Waals surface area (Å²) in [4.78, 5) is 13.8. The largest absolute Gasteiger partial charge is 0.330 e. The maximum Gasteiger partial charge on any atom is 0.227 e. The Labute approximate surface area is 112 Å². The van der Waals surface area contributed by atoms with E-state index in [-0.39, 0.29) is 11.8 Å². The molecule has 1 unspecified atom stereocenters. The molecule has 2 heterocycles. The maximum absolute atomic E-state index is 12.0. The van der Waals surface area contributed by atoms with Gasteiger partial charge in [0.1, 0.15) is 0 Å². The lowest BCUT2D eigenvalue weighted by Crippen LogP contribution is -2.25. The molecule has 1 fully saturated rings. The fourth-order valence-electron chi connectivity index (χ4n) is 2.68. The molecule has 1 aliphatic rings. The average Bonchev–Trinajstić information content (AvgIpc) is 2.91. The fourth-order valence-corrected chi connectivity index (χ4v) is 2.68. The molecule has 2 aromatic rings. The lowest BCUT2D eigenvalue weighted by Gasteiger charge is -2.16. The zero-order valence-electron chi connectivity index (χ0n) is 11.3. The van der Waals surface area contributed by atoms with Crippen molar-refractivity contribution in [3.05, 3.63) is 23.9 Å². The average molecular weight is 258 g/mol. The third-order valence-corrected chi connectivity index (χ3v) is 3.96. The number of carbonyl (C=O) groups is 1. The SMILES string of the molecule is Cc1c2ccc(N3CC(CN)CC3=O)cc2nn1C. The fraction of sp³-hybridized carbons (Fsp3) is 0.429. The molecule has 100 valence electrons. The summed E-state index contributed by atoms with van der Waals surface area (Å²) in [7, 11) is 1.93. The summed E-state index contributed by atoms with van der Waals surface area (Å²) in [5, 5.41) is 5.60. The van der Waals surface area contributed by atoms with Crippen molar-refractivity contribution >= 4 is 22.5 Å². The summed E-state index contributed by atoms with van der Waals surface area (Å²) in [5.41, 5.74) is 8.64. The van der Waals surface area contributed by atoms with Gasteiger partial charge in [0.15, 0.2) is 0 Å². The van der Waals surface area contributed by atoms with E-state index in [2.05, 4.69) is 5.10 Å². The van der Waals surface area contributed by atoms with E-state index in [1.807, 2.05) is 41.8 Å². The summed E-state index contributed by atoms with van der Waals surface area (Å²) in [6, 6.07) is 6.02. The van der Waals surface area contributed by atoms with E-state index in [4.69, 9.17) is 5.73 Å². The van der Waals surface area contributed by atoms with Gasteiger partial charge in [-0.2, -0.15) is 5.10 Å². The van der Waals surface area contributed by atoms with E-state index in [0.717, 1.165) is 22.3 Å². The van der Waals surface area contributed by atoms with Crippen molar-refractivity contribution < 1.29 is 4.79 Å². The van der Waals surface area contributed by atoms with Crippen LogP contribution in [0.15, 0.2) is 18.2 Å². The van der Waals surface area contributed by atoms with Gasteiger partial charge in [0.05, 0.1) is 5.52 Å². The molecule has 1 aromatic heterocycles. The summed E-state index contributed by atoms with van der Waals surface area (Å²) in [5.74, 6) is 0.427. The second-order valence-corrected chi connectivity index (χ2v) is 5.22. The van der Waals surface area contributed by atoms with Crippen LogP contribution in [-0.4, -0.2) is 28.8 Å². The summed E-state index contributed by atoms with van der Waals surface area (Å²) < 4.78 is 1.86. The number of fused-ring (bicyclic) bond motifs is 1. The van der Waals surface area contributed by atoms with Gasteiger partial charge in [0.25, 0.3) is 0 Å². The zero-order chi connectivity index (χ0) is 13.6. The van der Waals surface area contributed by atoms with Crippen LogP contribution in [0.5, 0.6) is 0 Å². The van der Waals surface area contributed by atoms with Gasteiger partial charge in [-0.1, -0.05) is 0 Å². The predicted octanol–water partition coefficient (Wildman–Crippen LogP) is 1.19. The molecule has 1 aliphatic heterocycles. The van der Waals surface area contributed by atoms with Crippen LogP contribution in [0.4, 0.5) is 5.69 Å². The summed E-state index contributed by atoms with van der Waals surface area (Å²) >= 11 is 0. The molecule has 19 heavy (non-hydrogen) atoms. The lowest BCUT2D eigenvalue weighted by atomic mass is 10.1. The normalized spacial score (nSPS) is 19.6. The minimum absolute atomic E-state index is 0.155. The van der Waals surface area contributed by atoms with Gasteiger partial charge in [0, 0.05) is 36.8 Å². The number of nitrogens with two attached hydrogens (primary N) is 1. The van der Waals surface area contributed by atoms with E-state index in [1.165, 1.54) is 0 Å². The Morgan fingerprint density at radius 3 is 2.95 bits per heavy atom. The molecule has 1 saturated heterocycles. The number of aromatic nitrogens is 2. The van der Waals surface area contributed by atoms with Crippen LogP contribution in [0.1, 0.15) is 12.1 Å². The summed E-state index contributed by atoms with van der Waals surface area (Å²) in [6.07, 6.45) is 0.551. The highest BCUT2D eigenvalue weighted by molar-refractivity contribution is 5.98. The van der Waals surface area contributed by atoms with Crippen molar-refractivity contribution in [1.82, 2.24) is 9.78 Å². The molecule has 2 N–H and O–H groups in total. The van der Waals surface area contributed by atoms with E-state index in [0.29, 0.717) is 19.5 Å². The van der Waals surface area contributed by atoms with Gasteiger partial charge < -0.3 is 10.6 Å². The molecule has 3 rings (SSSR count). The number of amides is 1. The Kier molecular flexibility index (Phi) is 2.78. The topological polar surface area (TPSA) is 64.2 Å². The predicted molar refractivity (Wildman–Crippen MR) is 75.0 cm³/mol. The molecule has 1 aromatic carbocycles. The number of hydrogen-bond donors (Lipinski definition) is 1. The first kappa shape index (κ1) is 12.2. The van der Waals surface area contributed by atoms with Crippen molar-refractivity contribution in [2.24, 2.45) is 18.7 Å². The van der Waals surface area contributed by atoms with Crippen molar-refractivity contribution in [2.75, 3.05) is 18.0 Å². The van der Waals surface area contributed by atoms with Crippen molar-refractivity contribution in [3.63, 3.8) is 0 Å². The van der Waals surface area contributed by atoms with Crippen LogP contribution in [0.2, 0.25) is 0 Å². The Morgan fingerprint density at radius 2 is 2.26 bits per heavy atom. The Hall–Kier alpha value is -1.88. The smallest absolute Gasteiger partial charge is 0.227 e. The molecule has 1 atom stereocenters. The molecule has 5 heteroatoms. The van der Waals surface area contributed by atoms with Gasteiger partial charge in [-0.15, -0.1) is 0 Å². The van der Waals surface area contributed by atoms with Crippen LogP contribution >= 0.6 is 0 Å². The van der Waals surface area contributed by atoms with Gasteiger partial charge in [-0.3, -0.25) is 9.48 Å². The molecule has 0 bridgehead atoms. The highest BCUT2D eigenvalue weighted by Gasteiger charge is 2.29. The van der Waals surface area contributed by atoms with Gasteiger partial charge in [-0.05, 0) is 37.6 Å². The number of hydrogen-bond acceptors (Lipinski definition) is 3. The number of nitrogens with zero attached hydrogens (tertiary/aromatic N) is 3. The lowest BCUT2D eigenvalue weighted by molar-refractivity contribution is -0.117.